The normalized spacial score (nSPS) is 13.4. The lowest BCUT2D eigenvalue weighted by Gasteiger charge is -2.10. The molecule has 0 aromatic heterocycles. The van der Waals surface area contributed by atoms with Crippen molar-refractivity contribution in [1.82, 2.24) is 0 Å². The van der Waals surface area contributed by atoms with Crippen LogP contribution in [0.3, 0.4) is 0 Å². The van der Waals surface area contributed by atoms with E-state index in [2.05, 4.69) is 24.9 Å². The predicted molar refractivity (Wildman–Crippen MR) is 55.3 cm³/mol. The first kappa shape index (κ1) is 11.1. The molecule has 0 aromatic rings. The maximum Gasteiger partial charge on any atom is 0.0894 e. The van der Waals surface area contributed by atoms with Crippen LogP contribution in [-0.4, -0.2) is 18.0 Å². The van der Waals surface area contributed by atoms with Gasteiger partial charge in [-0.05, 0) is 25.8 Å². The van der Waals surface area contributed by atoms with Gasteiger partial charge in [-0.1, -0.05) is 19.9 Å². The summed E-state index contributed by atoms with van der Waals surface area (Å²) in [4.78, 5) is 4.19. The number of hydrogen-bond acceptors (Lipinski definition) is 2. The van der Waals surface area contributed by atoms with Gasteiger partial charge in [0, 0.05) is 12.4 Å². The lowest BCUT2D eigenvalue weighted by Crippen LogP contribution is -2.17. The summed E-state index contributed by atoms with van der Waals surface area (Å²) in [6.07, 6.45) is 7.09. The van der Waals surface area contributed by atoms with Gasteiger partial charge in [0.05, 0.1) is 5.54 Å². The molecule has 68 valence electrons. The van der Waals surface area contributed by atoms with Crippen LogP contribution in [-0.2, 0) is 0 Å². The van der Waals surface area contributed by atoms with Crippen LogP contribution in [0.1, 0.15) is 27.7 Å². The molecule has 0 aromatic carbocycles. The Hall–Kier alpha value is -0.920. The average Bonchev–Trinajstić information content (AvgIpc) is 1.98. The van der Waals surface area contributed by atoms with Gasteiger partial charge < -0.3 is 5.41 Å². The van der Waals surface area contributed by atoms with Crippen LogP contribution in [0.25, 0.3) is 0 Å². The molecule has 1 N–H and O–H groups in total. The van der Waals surface area contributed by atoms with Gasteiger partial charge in [-0.2, -0.15) is 0 Å². The Bertz CT molecular complexity index is 188. The van der Waals surface area contributed by atoms with Crippen LogP contribution in [0, 0.1) is 11.3 Å². The van der Waals surface area contributed by atoms with Crippen molar-refractivity contribution < 1.29 is 0 Å². The first-order chi connectivity index (χ1) is 5.48. The molecule has 0 aliphatic carbocycles. The van der Waals surface area contributed by atoms with Gasteiger partial charge in [0.1, 0.15) is 0 Å². The van der Waals surface area contributed by atoms with Crippen LogP contribution < -0.4 is 0 Å². The van der Waals surface area contributed by atoms with E-state index in [1.165, 1.54) is 6.21 Å². The van der Waals surface area contributed by atoms with Crippen LogP contribution in [0.2, 0.25) is 0 Å². The third-order valence-corrected chi connectivity index (χ3v) is 1.34. The van der Waals surface area contributed by atoms with E-state index in [1.807, 2.05) is 19.9 Å². The van der Waals surface area contributed by atoms with Gasteiger partial charge >= 0.3 is 0 Å². The second-order valence-corrected chi connectivity index (χ2v) is 3.71. The van der Waals surface area contributed by atoms with Crippen LogP contribution in [0.4, 0.5) is 0 Å². The Morgan fingerprint density at radius 3 is 2.33 bits per heavy atom. The molecule has 0 saturated heterocycles. The van der Waals surface area contributed by atoms with Crippen molar-refractivity contribution in [2.75, 3.05) is 0 Å². The molecular formula is C10H18N2. The van der Waals surface area contributed by atoms with Crippen molar-refractivity contribution in [2.45, 2.75) is 33.2 Å². The Kier molecular flexibility index (Phi) is 4.49. The van der Waals surface area contributed by atoms with Gasteiger partial charge in [0.2, 0.25) is 0 Å². The second-order valence-electron chi connectivity index (χ2n) is 3.71. The van der Waals surface area contributed by atoms with Crippen LogP contribution >= 0.6 is 0 Å². The van der Waals surface area contributed by atoms with Gasteiger partial charge in [0.25, 0.3) is 0 Å². The first-order valence-corrected chi connectivity index (χ1v) is 4.21. The van der Waals surface area contributed by atoms with Crippen molar-refractivity contribution in [1.29, 1.82) is 5.41 Å². The Balaban J connectivity index is 3.99. The van der Waals surface area contributed by atoms with Crippen molar-refractivity contribution >= 4 is 12.4 Å². The number of nitrogens with one attached hydrogen (secondary N) is 1. The van der Waals surface area contributed by atoms with Crippen LogP contribution in [0.15, 0.2) is 17.1 Å². The van der Waals surface area contributed by atoms with Crippen LogP contribution in [0.5, 0.6) is 0 Å². The number of hydrogen-bond donors (Lipinski definition) is 1. The first-order valence-electron chi connectivity index (χ1n) is 4.21. The molecule has 0 aliphatic rings. The van der Waals surface area contributed by atoms with Gasteiger partial charge in [-0.25, -0.2) is 0 Å². The molecule has 0 amide bonds. The van der Waals surface area contributed by atoms with Crippen molar-refractivity contribution in [3.8, 4) is 0 Å². The summed E-state index contributed by atoms with van der Waals surface area (Å²) in [7, 11) is 0. The molecule has 0 unspecified atom stereocenters. The minimum absolute atomic E-state index is 0.360. The highest BCUT2D eigenvalue weighted by Crippen LogP contribution is 2.02. The summed E-state index contributed by atoms with van der Waals surface area (Å²) in [6.45, 7) is 8.04. The molecule has 0 radical (unpaired) electrons. The van der Waals surface area contributed by atoms with Crippen molar-refractivity contribution in [3.63, 3.8) is 0 Å². The summed E-state index contributed by atoms with van der Waals surface area (Å²) in [6, 6.07) is 0. The van der Waals surface area contributed by atoms with Crippen molar-refractivity contribution in [3.05, 3.63) is 12.2 Å². The fourth-order valence-electron chi connectivity index (χ4n) is 0.544. The zero-order chi connectivity index (χ0) is 9.61. The van der Waals surface area contributed by atoms with Gasteiger partial charge in [0.15, 0.2) is 0 Å². The summed E-state index contributed by atoms with van der Waals surface area (Å²) >= 11 is 0. The molecule has 0 atom stereocenters. The highest BCUT2D eigenvalue weighted by molar-refractivity contribution is 5.76. The minimum atomic E-state index is -0.360. The third kappa shape index (κ3) is 5.83. The standard InChI is InChI=1S/C10H18N2/c1-9(2)6-5-7-12-10(3,4)8-11/h5-9,11H,1-4H3/b6-5-,11-8?,12-7?. The van der Waals surface area contributed by atoms with E-state index < -0.39 is 0 Å². The number of allylic oxidation sites excluding steroid dienone is 2. The number of nitrogens with zero attached hydrogens (tertiary/aromatic N) is 1. The van der Waals surface area contributed by atoms with E-state index in [4.69, 9.17) is 5.41 Å². The molecule has 0 fully saturated rings. The molecule has 0 heterocycles. The Labute approximate surface area is 74.9 Å². The maximum absolute atomic E-state index is 7.06. The van der Waals surface area contributed by atoms with Gasteiger partial charge in [-0.3, -0.25) is 4.99 Å². The van der Waals surface area contributed by atoms with E-state index in [0.29, 0.717) is 5.92 Å². The SMILES string of the molecule is CC(C)/C=C\C=NC(C)(C)C=N. The lowest BCUT2D eigenvalue weighted by molar-refractivity contribution is 0.718. The summed E-state index contributed by atoms with van der Waals surface area (Å²) in [5, 5.41) is 7.06. The summed E-state index contributed by atoms with van der Waals surface area (Å²) in [5.74, 6) is 0.555. The predicted octanol–water partition coefficient (Wildman–Crippen LogP) is 2.70. The number of rotatable bonds is 4. The highest BCUT2D eigenvalue weighted by atomic mass is 14.8. The van der Waals surface area contributed by atoms with E-state index in [0.717, 1.165) is 0 Å². The van der Waals surface area contributed by atoms with Crippen molar-refractivity contribution in [2.24, 2.45) is 10.9 Å². The molecular weight excluding hydrogens is 148 g/mol. The van der Waals surface area contributed by atoms with E-state index in [1.54, 1.807) is 6.21 Å². The Morgan fingerprint density at radius 2 is 1.92 bits per heavy atom. The topological polar surface area (TPSA) is 36.2 Å². The monoisotopic (exact) mass is 166 g/mol. The highest BCUT2D eigenvalue weighted by Gasteiger charge is 2.08. The second kappa shape index (κ2) is 4.86. The zero-order valence-electron chi connectivity index (χ0n) is 8.33. The fraction of sp³-hybridized carbons (Fsp3) is 0.600. The minimum Gasteiger partial charge on any atom is -0.311 e. The zero-order valence-corrected chi connectivity index (χ0v) is 8.33. The molecule has 0 rings (SSSR count). The smallest absolute Gasteiger partial charge is 0.0894 e. The molecule has 0 saturated carbocycles. The lowest BCUT2D eigenvalue weighted by atomic mass is 10.1. The maximum atomic E-state index is 7.06. The number of aliphatic imine (C=N–C) groups is 1. The Morgan fingerprint density at radius 1 is 1.33 bits per heavy atom. The third-order valence-electron chi connectivity index (χ3n) is 1.34. The van der Waals surface area contributed by atoms with E-state index in [-0.39, 0.29) is 5.54 Å². The molecule has 0 aliphatic heterocycles. The quantitative estimate of drug-likeness (QED) is 0.623. The van der Waals surface area contributed by atoms with E-state index in [9.17, 15) is 0 Å². The molecule has 0 spiro atoms. The van der Waals surface area contributed by atoms with Gasteiger partial charge in [-0.15, -0.1) is 0 Å². The fourth-order valence-corrected chi connectivity index (χ4v) is 0.544. The molecule has 12 heavy (non-hydrogen) atoms. The molecule has 0 bridgehead atoms. The van der Waals surface area contributed by atoms with E-state index >= 15 is 0 Å². The molecule has 2 nitrogen and oxygen atoms in total. The average molecular weight is 166 g/mol. The molecule has 2 heteroatoms. The largest absolute Gasteiger partial charge is 0.311 e. The summed E-state index contributed by atoms with van der Waals surface area (Å²) < 4.78 is 0. The summed E-state index contributed by atoms with van der Waals surface area (Å²) in [5.41, 5.74) is -0.360.